The molecular weight excluding hydrogens is 236 g/mol. The van der Waals surface area contributed by atoms with E-state index in [1.807, 2.05) is 0 Å². The zero-order valence-electron chi connectivity index (χ0n) is 12.6. The number of rotatable bonds is 3. The van der Waals surface area contributed by atoms with Crippen molar-refractivity contribution in [1.82, 2.24) is 10.2 Å². The molecule has 106 valence electrons. The average Bonchev–Trinajstić information content (AvgIpc) is 2.69. The van der Waals surface area contributed by atoms with Crippen molar-refractivity contribution in [2.45, 2.75) is 33.2 Å². The van der Waals surface area contributed by atoms with E-state index in [4.69, 9.17) is 4.74 Å². The van der Waals surface area contributed by atoms with Crippen molar-refractivity contribution in [3.8, 4) is 5.75 Å². The van der Waals surface area contributed by atoms with Crippen LogP contribution in [0.2, 0.25) is 0 Å². The minimum atomic E-state index is 0.476. The Bertz CT molecular complexity index is 423. The Morgan fingerprint density at radius 1 is 1.16 bits per heavy atom. The van der Waals surface area contributed by atoms with E-state index in [0.717, 1.165) is 25.4 Å². The molecule has 0 spiro atoms. The Labute approximate surface area is 116 Å². The fourth-order valence-electron chi connectivity index (χ4n) is 2.93. The lowest BCUT2D eigenvalue weighted by Crippen LogP contribution is -2.31. The minimum absolute atomic E-state index is 0.476. The minimum Gasteiger partial charge on any atom is -0.496 e. The first kappa shape index (κ1) is 14.4. The summed E-state index contributed by atoms with van der Waals surface area (Å²) in [4.78, 5) is 2.58. The second kappa shape index (κ2) is 6.40. The van der Waals surface area contributed by atoms with Crippen LogP contribution < -0.4 is 10.1 Å². The van der Waals surface area contributed by atoms with Crippen molar-refractivity contribution < 1.29 is 4.74 Å². The fraction of sp³-hybridized carbons (Fsp3) is 0.625. The number of ether oxygens (including phenoxy) is 1. The highest BCUT2D eigenvalue weighted by atomic mass is 16.5. The fourth-order valence-corrected chi connectivity index (χ4v) is 2.93. The maximum atomic E-state index is 5.40. The zero-order chi connectivity index (χ0) is 13.8. The first-order chi connectivity index (χ1) is 9.13. The molecule has 1 N–H and O–H groups in total. The zero-order valence-corrected chi connectivity index (χ0v) is 12.6. The lowest BCUT2D eigenvalue weighted by molar-refractivity contribution is 0.224. The molecule has 1 unspecified atom stereocenters. The van der Waals surface area contributed by atoms with Crippen LogP contribution in [0.25, 0.3) is 0 Å². The van der Waals surface area contributed by atoms with Gasteiger partial charge in [0.1, 0.15) is 5.75 Å². The standard InChI is InChI=1S/C16H26N2O/c1-12-11-16(19-4)13(2)10-15(12)14(3)18-8-5-6-17-7-9-18/h10-11,14,17H,5-9H2,1-4H3. The largest absolute Gasteiger partial charge is 0.496 e. The van der Waals surface area contributed by atoms with E-state index in [1.165, 1.54) is 29.7 Å². The predicted octanol–water partition coefficient (Wildman–Crippen LogP) is 2.67. The normalized spacial score (nSPS) is 18.9. The topological polar surface area (TPSA) is 24.5 Å². The summed E-state index contributed by atoms with van der Waals surface area (Å²) in [6.07, 6.45) is 1.23. The van der Waals surface area contributed by atoms with Gasteiger partial charge in [-0.2, -0.15) is 0 Å². The highest BCUT2D eigenvalue weighted by Crippen LogP contribution is 2.29. The Hall–Kier alpha value is -1.06. The molecule has 0 radical (unpaired) electrons. The highest BCUT2D eigenvalue weighted by Gasteiger charge is 2.19. The molecule has 1 atom stereocenters. The first-order valence-corrected chi connectivity index (χ1v) is 7.23. The van der Waals surface area contributed by atoms with Gasteiger partial charge in [-0.1, -0.05) is 6.07 Å². The second-order valence-electron chi connectivity index (χ2n) is 5.49. The summed E-state index contributed by atoms with van der Waals surface area (Å²) in [5.41, 5.74) is 3.98. The Kier molecular flexibility index (Phi) is 4.83. The van der Waals surface area contributed by atoms with Gasteiger partial charge in [-0.15, -0.1) is 0 Å². The Morgan fingerprint density at radius 2 is 1.95 bits per heavy atom. The van der Waals surface area contributed by atoms with Crippen LogP contribution >= 0.6 is 0 Å². The molecule has 1 aliphatic heterocycles. The molecule has 0 saturated carbocycles. The maximum Gasteiger partial charge on any atom is 0.122 e. The molecule has 1 saturated heterocycles. The van der Waals surface area contributed by atoms with Crippen molar-refractivity contribution in [2.24, 2.45) is 0 Å². The third-order valence-electron chi connectivity index (χ3n) is 4.16. The van der Waals surface area contributed by atoms with Crippen LogP contribution in [0, 0.1) is 13.8 Å². The smallest absolute Gasteiger partial charge is 0.122 e. The summed E-state index contributed by atoms with van der Waals surface area (Å²) in [6, 6.07) is 4.93. The third-order valence-corrected chi connectivity index (χ3v) is 4.16. The van der Waals surface area contributed by atoms with Gasteiger partial charge in [0.15, 0.2) is 0 Å². The van der Waals surface area contributed by atoms with Crippen LogP contribution in [0.5, 0.6) is 5.75 Å². The molecule has 1 aliphatic rings. The molecule has 3 nitrogen and oxygen atoms in total. The van der Waals surface area contributed by atoms with E-state index in [-0.39, 0.29) is 0 Å². The van der Waals surface area contributed by atoms with E-state index in [1.54, 1.807) is 7.11 Å². The monoisotopic (exact) mass is 262 g/mol. The van der Waals surface area contributed by atoms with E-state index in [0.29, 0.717) is 6.04 Å². The van der Waals surface area contributed by atoms with Gasteiger partial charge in [-0.05, 0) is 63.0 Å². The van der Waals surface area contributed by atoms with Gasteiger partial charge in [0.25, 0.3) is 0 Å². The molecule has 1 heterocycles. The molecule has 0 amide bonds. The number of hydrogen-bond donors (Lipinski definition) is 1. The summed E-state index contributed by atoms with van der Waals surface area (Å²) in [6.45, 7) is 11.2. The SMILES string of the molecule is COc1cc(C)c(C(C)N2CCCNCC2)cc1C. The van der Waals surface area contributed by atoms with Crippen LogP contribution in [0.4, 0.5) is 0 Å². The molecule has 2 rings (SSSR count). The predicted molar refractivity (Wildman–Crippen MR) is 79.9 cm³/mol. The van der Waals surface area contributed by atoms with E-state index in [2.05, 4.69) is 43.1 Å². The molecule has 0 aromatic heterocycles. The molecule has 0 bridgehead atoms. The van der Waals surface area contributed by atoms with E-state index in [9.17, 15) is 0 Å². The van der Waals surface area contributed by atoms with Gasteiger partial charge in [-0.25, -0.2) is 0 Å². The molecular formula is C16H26N2O. The van der Waals surface area contributed by atoms with Crippen LogP contribution in [0.15, 0.2) is 12.1 Å². The Balaban J connectivity index is 2.22. The second-order valence-corrected chi connectivity index (χ2v) is 5.49. The molecule has 1 fully saturated rings. The number of benzene rings is 1. The first-order valence-electron chi connectivity index (χ1n) is 7.23. The van der Waals surface area contributed by atoms with Gasteiger partial charge in [0.2, 0.25) is 0 Å². The van der Waals surface area contributed by atoms with Gasteiger partial charge in [0, 0.05) is 19.1 Å². The van der Waals surface area contributed by atoms with Gasteiger partial charge >= 0.3 is 0 Å². The number of nitrogens with one attached hydrogen (secondary N) is 1. The van der Waals surface area contributed by atoms with Crippen molar-refractivity contribution in [1.29, 1.82) is 0 Å². The van der Waals surface area contributed by atoms with Crippen LogP contribution in [-0.4, -0.2) is 38.2 Å². The van der Waals surface area contributed by atoms with Crippen molar-refractivity contribution in [3.63, 3.8) is 0 Å². The van der Waals surface area contributed by atoms with Crippen molar-refractivity contribution >= 4 is 0 Å². The summed E-state index contributed by atoms with van der Waals surface area (Å²) in [5.74, 6) is 0.992. The van der Waals surface area contributed by atoms with E-state index >= 15 is 0 Å². The summed E-state index contributed by atoms with van der Waals surface area (Å²) >= 11 is 0. The maximum absolute atomic E-state index is 5.40. The lowest BCUT2D eigenvalue weighted by atomic mass is 9.98. The van der Waals surface area contributed by atoms with Crippen molar-refractivity contribution in [3.05, 3.63) is 28.8 Å². The van der Waals surface area contributed by atoms with Crippen LogP contribution in [0.1, 0.15) is 36.1 Å². The number of methoxy groups -OCH3 is 1. The highest BCUT2D eigenvalue weighted by molar-refractivity contribution is 5.42. The Morgan fingerprint density at radius 3 is 2.68 bits per heavy atom. The number of hydrogen-bond acceptors (Lipinski definition) is 3. The van der Waals surface area contributed by atoms with Gasteiger partial charge < -0.3 is 10.1 Å². The number of aryl methyl sites for hydroxylation is 2. The molecule has 0 aliphatic carbocycles. The summed E-state index contributed by atoms with van der Waals surface area (Å²) in [7, 11) is 1.74. The third kappa shape index (κ3) is 3.28. The van der Waals surface area contributed by atoms with Gasteiger partial charge in [-0.3, -0.25) is 4.90 Å². The summed E-state index contributed by atoms with van der Waals surface area (Å²) in [5, 5.41) is 3.47. The van der Waals surface area contributed by atoms with Crippen molar-refractivity contribution in [2.75, 3.05) is 33.3 Å². The number of nitrogens with zero attached hydrogens (tertiary/aromatic N) is 1. The van der Waals surface area contributed by atoms with Crippen LogP contribution in [0.3, 0.4) is 0 Å². The molecule has 19 heavy (non-hydrogen) atoms. The lowest BCUT2D eigenvalue weighted by Gasteiger charge is -2.29. The molecule has 3 heteroatoms. The van der Waals surface area contributed by atoms with Crippen LogP contribution in [-0.2, 0) is 0 Å². The summed E-state index contributed by atoms with van der Waals surface area (Å²) < 4.78 is 5.40. The average molecular weight is 262 g/mol. The van der Waals surface area contributed by atoms with E-state index < -0.39 is 0 Å². The van der Waals surface area contributed by atoms with Gasteiger partial charge in [0.05, 0.1) is 7.11 Å². The molecule has 1 aromatic rings. The molecule has 1 aromatic carbocycles. The quantitative estimate of drug-likeness (QED) is 0.906.